The first-order chi connectivity index (χ1) is 18.5. The summed E-state index contributed by atoms with van der Waals surface area (Å²) in [5, 5.41) is 14.0. The monoisotopic (exact) mass is 560 g/mol. The van der Waals surface area contributed by atoms with Crippen LogP contribution in [0.25, 0.3) is 0 Å². The molecular formula is C25H28N4O7S2. The van der Waals surface area contributed by atoms with Gasteiger partial charge in [0.25, 0.3) is 5.91 Å². The van der Waals surface area contributed by atoms with E-state index in [1.165, 1.54) is 23.1 Å². The average Bonchev–Trinajstić information content (AvgIpc) is 3.57. The molecule has 202 valence electrons. The Balaban J connectivity index is 1.32. The van der Waals surface area contributed by atoms with E-state index in [9.17, 15) is 9.59 Å². The summed E-state index contributed by atoms with van der Waals surface area (Å²) in [7, 11) is 0. The maximum Gasteiger partial charge on any atom is 0.257 e. The number of hydrogen-bond donors (Lipinski definition) is 2. The number of thioether (sulfide) groups is 1. The quantitative estimate of drug-likeness (QED) is 0.232. The molecule has 2 aromatic carbocycles. The lowest BCUT2D eigenvalue weighted by Crippen LogP contribution is -2.24. The Morgan fingerprint density at radius 3 is 2.39 bits per heavy atom. The van der Waals surface area contributed by atoms with Crippen LogP contribution < -0.4 is 34.3 Å². The first-order valence-corrected chi connectivity index (χ1v) is 13.8. The number of ether oxygens (including phenoxy) is 5. The van der Waals surface area contributed by atoms with Gasteiger partial charge in [-0.15, -0.1) is 10.2 Å². The molecule has 1 aliphatic rings. The second-order valence-corrected chi connectivity index (χ2v) is 9.88. The van der Waals surface area contributed by atoms with E-state index >= 15 is 0 Å². The molecule has 11 nitrogen and oxygen atoms in total. The van der Waals surface area contributed by atoms with Crippen LogP contribution in [-0.2, 0) is 11.3 Å². The van der Waals surface area contributed by atoms with Crippen molar-refractivity contribution in [1.82, 2.24) is 15.5 Å². The highest BCUT2D eigenvalue weighted by Gasteiger charge is 2.20. The third-order valence-corrected chi connectivity index (χ3v) is 7.02. The molecule has 0 unspecified atom stereocenters. The van der Waals surface area contributed by atoms with Crippen LogP contribution in [0.4, 0.5) is 5.13 Å². The molecule has 13 heteroatoms. The van der Waals surface area contributed by atoms with Crippen LogP contribution in [0.15, 0.2) is 34.7 Å². The Morgan fingerprint density at radius 2 is 1.68 bits per heavy atom. The van der Waals surface area contributed by atoms with E-state index < -0.39 is 5.91 Å². The molecule has 0 radical (unpaired) electrons. The third kappa shape index (κ3) is 6.98. The summed E-state index contributed by atoms with van der Waals surface area (Å²) in [4.78, 5) is 25.3. The Kier molecular flexibility index (Phi) is 9.49. The summed E-state index contributed by atoms with van der Waals surface area (Å²) in [5.41, 5.74) is 1.23. The van der Waals surface area contributed by atoms with Crippen LogP contribution in [0.3, 0.4) is 0 Å². The fourth-order valence-corrected chi connectivity index (χ4v) is 5.01. The van der Waals surface area contributed by atoms with Gasteiger partial charge in [0.2, 0.25) is 23.6 Å². The largest absolute Gasteiger partial charge is 0.490 e. The van der Waals surface area contributed by atoms with Gasteiger partial charge in [-0.2, -0.15) is 0 Å². The molecule has 1 aliphatic heterocycles. The number of amides is 2. The number of fused-ring (bicyclic) bond motifs is 1. The van der Waals surface area contributed by atoms with Gasteiger partial charge < -0.3 is 29.0 Å². The molecule has 0 fully saturated rings. The van der Waals surface area contributed by atoms with Crippen molar-refractivity contribution in [2.45, 2.75) is 31.7 Å². The minimum Gasteiger partial charge on any atom is -0.490 e. The second kappa shape index (κ2) is 13.2. The number of aromatic nitrogens is 2. The number of carbonyl (C=O) groups is 2. The number of anilines is 1. The lowest BCUT2D eigenvalue weighted by Gasteiger charge is -2.16. The van der Waals surface area contributed by atoms with E-state index in [4.69, 9.17) is 23.7 Å². The summed E-state index contributed by atoms with van der Waals surface area (Å²) in [6.45, 7) is 7.35. The van der Waals surface area contributed by atoms with Gasteiger partial charge in [0.1, 0.15) is 0 Å². The molecular weight excluding hydrogens is 532 g/mol. The van der Waals surface area contributed by atoms with Crippen molar-refractivity contribution in [1.29, 1.82) is 0 Å². The van der Waals surface area contributed by atoms with E-state index in [2.05, 4.69) is 20.8 Å². The highest BCUT2D eigenvalue weighted by atomic mass is 32.2. The summed E-state index contributed by atoms with van der Waals surface area (Å²) in [6.07, 6.45) is 0. The standard InChI is InChI=1S/C25H28N4O7S2/c1-4-32-19-10-16(11-20(33-5-2)22(19)34-6-3)23(31)27-24-28-29-25(38-24)37-13-21(30)26-12-15-7-8-17-18(9-15)36-14-35-17/h7-11H,4-6,12-14H2,1-3H3,(H,26,30)(H,27,28,31). The summed E-state index contributed by atoms with van der Waals surface area (Å²) in [5.74, 6) is 2.26. The van der Waals surface area contributed by atoms with Gasteiger partial charge in [-0.3, -0.25) is 14.9 Å². The number of nitrogens with one attached hydrogen (secondary N) is 2. The average molecular weight is 561 g/mol. The minimum absolute atomic E-state index is 0.154. The van der Waals surface area contributed by atoms with Crippen LogP contribution in [-0.4, -0.2) is 54.4 Å². The Bertz CT molecular complexity index is 1260. The lowest BCUT2D eigenvalue weighted by molar-refractivity contribution is -0.118. The second-order valence-electron chi connectivity index (χ2n) is 7.68. The maximum atomic E-state index is 13.0. The maximum absolute atomic E-state index is 13.0. The van der Waals surface area contributed by atoms with E-state index in [1.54, 1.807) is 12.1 Å². The molecule has 38 heavy (non-hydrogen) atoms. The summed E-state index contributed by atoms with van der Waals surface area (Å²) >= 11 is 2.41. The smallest absolute Gasteiger partial charge is 0.257 e. The highest BCUT2D eigenvalue weighted by molar-refractivity contribution is 8.01. The number of nitrogens with zero attached hydrogens (tertiary/aromatic N) is 2. The predicted octanol–water partition coefficient (Wildman–Crippen LogP) is 4.12. The minimum atomic E-state index is -0.399. The van der Waals surface area contributed by atoms with Crippen molar-refractivity contribution in [3.8, 4) is 28.7 Å². The van der Waals surface area contributed by atoms with E-state index in [0.29, 0.717) is 70.1 Å². The number of carbonyl (C=O) groups excluding carboxylic acids is 2. The molecule has 0 saturated carbocycles. The zero-order valence-electron chi connectivity index (χ0n) is 21.2. The first-order valence-electron chi connectivity index (χ1n) is 12.0. The molecule has 1 aromatic heterocycles. The van der Waals surface area contributed by atoms with Crippen molar-refractivity contribution < 1.29 is 33.3 Å². The SMILES string of the molecule is CCOc1cc(C(=O)Nc2nnc(SCC(=O)NCc3ccc4c(c3)OCO4)s2)cc(OCC)c1OCC. The fraction of sp³-hybridized carbons (Fsp3) is 0.360. The summed E-state index contributed by atoms with van der Waals surface area (Å²) < 4.78 is 28.3. The highest BCUT2D eigenvalue weighted by Crippen LogP contribution is 2.39. The van der Waals surface area contributed by atoms with E-state index in [-0.39, 0.29) is 18.5 Å². The van der Waals surface area contributed by atoms with Gasteiger partial charge in [-0.25, -0.2) is 0 Å². The van der Waals surface area contributed by atoms with E-state index in [0.717, 1.165) is 5.56 Å². The van der Waals surface area contributed by atoms with Crippen molar-refractivity contribution >= 4 is 40.0 Å². The molecule has 4 rings (SSSR count). The normalized spacial score (nSPS) is 11.7. The van der Waals surface area contributed by atoms with Gasteiger partial charge in [-0.05, 0) is 50.6 Å². The Hall–Kier alpha value is -3.71. The van der Waals surface area contributed by atoms with E-state index in [1.807, 2.05) is 39.0 Å². The lowest BCUT2D eigenvalue weighted by atomic mass is 10.1. The van der Waals surface area contributed by atoms with Crippen molar-refractivity contribution in [3.05, 3.63) is 41.5 Å². The van der Waals surface area contributed by atoms with Crippen molar-refractivity contribution in [2.75, 3.05) is 37.7 Å². The molecule has 3 aromatic rings. The number of benzene rings is 2. The summed E-state index contributed by atoms with van der Waals surface area (Å²) in [6, 6.07) is 8.74. The molecule has 0 atom stereocenters. The van der Waals surface area contributed by atoms with Crippen LogP contribution in [0.1, 0.15) is 36.7 Å². The van der Waals surface area contributed by atoms with Crippen molar-refractivity contribution in [2.24, 2.45) is 0 Å². The van der Waals surface area contributed by atoms with Crippen molar-refractivity contribution in [3.63, 3.8) is 0 Å². The number of hydrogen-bond acceptors (Lipinski definition) is 11. The molecule has 0 bridgehead atoms. The van der Waals surface area contributed by atoms with Gasteiger partial charge in [0, 0.05) is 12.1 Å². The third-order valence-electron chi connectivity index (χ3n) is 5.05. The van der Waals surface area contributed by atoms with Gasteiger partial charge in [0.15, 0.2) is 27.3 Å². The van der Waals surface area contributed by atoms with Crippen LogP contribution in [0.5, 0.6) is 28.7 Å². The molecule has 0 aliphatic carbocycles. The number of rotatable bonds is 13. The van der Waals surface area contributed by atoms with Crippen LogP contribution >= 0.6 is 23.1 Å². The Labute approximate surface area is 228 Å². The zero-order valence-corrected chi connectivity index (χ0v) is 22.8. The van der Waals surface area contributed by atoms with Crippen LogP contribution in [0.2, 0.25) is 0 Å². The molecule has 0 spiro atoms. The Morgan fingerprint density at radius 1 is 0.974 bits per heavy atom. The first kappa shape index (κ1) is 27.3. The molecule has 2 heterocycles. The van der Waals surface area contributed by atoms with Gasteiger partial charge in [-0.1, -0.05) is 29.2 Å². The van der Waals surface area contributed by atoms with Gasteiger partial charge >= 0.3 is 0 Å². The van der Waals surface area contributed by atoms with Crippen LogP contribution in [0, 0.1) is 0 Å². The molecule has 2 N–H and O–H groups in total. The topological polar surface area (TPSA) is 130 Å². The molecule has 2 amide bonds. The predicted molar refractivity (Wildman–Crippen MR) is 143 cm³/mol. The molecule has 0 saturated heterocycles. The zero-order chi connectivity index (χ0) is 26.9. The fourth-order valence-electron chi connectivity index (χ4n) is 3.44. The van der Waals surface area contributed by atoms with Gasteiger partial charge in [0.05, 0.1) is 25.6 Å².